The number of benzene rings is 1. The molecule has 0 amide bonds. The van der Waals surface area contributed by atoms with Gasteiger partial charge in [-0.15, -0.1) is 11.6 Å². The standard InChI is InChI=1S/C12H14Cl2FN/c13-7-12(3-4-12)8-16-6-9-1-2-10(14)5-11(9)15/h1-2,5,16H,3-4,6-8H2. The molecule has 1 nitrogen and oxygen atoms in total. The summed E-state index contributed by atoms with van der Waals surface area (Å²) in [7, 11) is 0. The van der Waals surface area contributed by atoms with E-state index in [0.717, 1.165) is 6.54 Å². The summed E-state index contributed by atoms with van der Waals surface area (Å²) in [6.07, 6.45) is 2.35. The summed E-state index contributed by atoms with van der Waals surface area (Å²) in [5.74, 6) is 0.430. The van der Waals surface area contributed by atoms with Gasteiger partial charge in [-0.05, 0) is 30.4 Å². The van der Waals surface area contributed by atoms with Crippen LogP contribution in [0.5, 0.6) is 0 Å². The minimum atomic E-state index is -0.254. The molecule has 16 heavy (non-hydrogen) atoms. The minimum absolute atomic E-state index is 0.254. The third kappa shape index (κ3) is 2.88. The van der Waals surface area contributed by atoms with Gasteiger partial charge >= 0.3 is 0 Å². The number of rotatable bonds is 5. The average Bonchev–Trinajstić information content (AvgIpc) is 3.02. The van der Waals surface area contributed by atoms with Crippen LogP contribution >= 0.6 is 23.2 Å². The van der Waals surface area contributed by atoms with E-state index in [4.69, 9.17) is 23.2 Å². The van der Waals surface area contributed by atoms with Gasteiger partial charge in [-0.2, -0.15) is 0 Å². The number of hydrogen-bond acceptors (Lipinski definition) is 1. The zero-order chi connectivity index (χ0) is 11.6. The predicted molar refractivity (Wildman–Crippen MR) is 65.5 cm³/mol. The molecule has 1 aromatic rings. The summed E-state index contributed by atoms with van der Waals surface area (Å²) in [6.45, 7) is 1.39. The molecule has 1 aliphatic rings. The molecule has 0 unspecified atom stereocenters. The van der Waals surface area contributed by atoms with E-state index in [1.165, 1.54) is 18.9 Å². The Kier molecular flexibility index (Phi) is 3.73. The fourth-order valence-corrected chi connectivity index (χ4v) is 2.18. The van der Waals surface area contributed by atoms with Gasteiger partial charge in [0.05, 0.1) is 0 Å². The van der Waals surface area contributed by atoms with Crippen LogP contribution in [0.25, 0.3) is 0 Å². The molecule has 1 aliphatic carbocycles. The summed E-state index contributed by atoms with van der Waals surface area (Å²) < 4.78 is 13.4. The van der Waals surface area contributed by atoms with Crippen LogP contribution in [0, 0.1) is 11.2 Å². The van der Waals surface area contributed by atoms with Gasteiger partial charge in [0.1, 0.15) is 5.82 Å². The van der Waals surface area contributed by atoms with E-state index < -0.39 is 0 Å². The van der Waals surface area contributed by atoms with Crippen LogP contribution < -0.4 is 5.32 Å². The Morgan fingerprint density at radius 3 is 2.69 bits per heavy atom. The lowest BCUT2D eigenvalue weighted by molar-refractivity contribution is 0.496. The monoisotopic (exact) mass is 261 g/mol. The Morgan fingerprint density at radius 1 is 1.38 bits per heavy atom. The second-order valence-corrected chi connectivity index (χ2v) is 5.18. The summed E-state index contributed by atoms with van der Waals surface area (Å²) in [6, 6.07) is 4.76. The normalized spacial score (nSPS) is 17.4. The molecule has 88 valence electrons. The summed E-state index contributed by atoms with van der Waals surface area (Å²) in [5.41, 5.74) is 0.916. The van der Waals surface area contributed by atoms with Gasteiger partial charge in [-0.25, -0.2) is 4.39 Å². The van der Waals surface area contributed by atoms with E-state index in [9.17, 15) is 4.39 Å². The second kappa shape index (κ2) is 4.91. The first kappa shape index (κ1) is 12.2. The largest absolute Gasteiger partial charge is 0.312 e. The van der Waals surface area contributed by atoms with Crippen molar-refractivity contribution < 1.29 is 4.39 Å². The molecular formula is C12H14Cl2FN. The van der Waals surface area contributed by atoms with Gasteiger partial charge in [0.2, 0.25) is 0 Å². The van der Waals surface area contributed by atoms with Crippen molar-refractivity contribution in [2.45, 2.75) is 19.4 Å². The maximum atomic E-state index is 13.4. The number of halogens is 3. The first-order valence-corrected chi connectivity index (χ1v) is 6.27. The van der Waals surface area contributed by atoms with Crippen LogP contribution in [0.15, 0.2) is 18.2 Å². The molecule has 4 heteroatoms. The molecule has 0 atom stereocenters. The molecule has 0 aromatic heterocycles. The second-order valence-electron chi connectivity index (χ2n) is 4.47. The van der Waals surface area contributed by atoms with Crippen LogP contribution in [0.4, 0.5) is 4.39 Å². The lowest BCUT2D eigenvalue weighted by Crippen LogP contribution is -2.25. The zero-order valence-corrected chi connectivity index (χ0v) is 10.4. The van der Waals surface area contributed by atoms with Crippen molar-refractivity contribution in [1.82, 2.24) is 5.32 Å². The van der Waals surface area contributed by atoms with Crippen LogP contribution in [0.1, 0.15) is 18.4 Å². The number of hydrogen-bond donors (Lipinski definition) is 1. The quantitative estimate of drug-likeness (QED) is 0.799. The van der Waals surface area contributed by atoms with Crippen molar-refractivity contribution in [3.05, 3.63) is 34.6 Å². The van der Waals surface area contributed by atoms with E-state index in [0.29, 0.717) is 23.0 Å². The third-order valence-corrected chi connectivity index (χ3v) is 3.87. The zero-order valence-electron chi connectivity index (χ0n) is 8.90. The Hall–Kier alpha value is -0.310. The van der Waals surface area contributed by atoms with Crippen molar-refractivity contribution in [2.24, 2.45) is 5.41 Å². The fraction of sp³-hybridized carbons (Fsp3) is 0.500. The molecule has 0 saturated heterocycles. The van der Waals surface area contributed by atoms with E-state index in [2.05, 4.69) is 5.32 Å². The van der Waals surface area contributed by atoms with Crippen molar-refractivity contribution in [2.75, 3.05) is 12.4 Å². The topological polar surface area (TPSA) is 12.0 Å². The van der Waals surface area contributed by atoms with Gasteiger partial charge in [0, 0.05) is 29.6 Å². The predicted octanol–water partition coefficient (Wildman–Crippen LogP) is 3.59. The van der Waals surface area contributed by atoms with Gasteiger partial charge < -0.3 is 5.32 Å². The van der Waals surface area contributed by atoms with Gasteiger partial charge in [0.15, 0.2) is 0 Å². The fourth-order valence-electron chi connectivity index (χ4n) is 1.66. The maximum Gasteiger partial charge on any atom is 0.129 e. The smallest absolute Gasteiger partial charge is 0.129 e. The molecule has 1 aromatic carbocycles. The molecule has 0 aliphatic heterocycles. The van der Waals surface area contributed by atoms with Crippen LogP contribution in [0.3, 0.4) is 0 Å². The van der Waals surface area contributed by atoms with Crippen molar-refractivity contribution in [1.29, 1.82) is 0 Å². The van der Waals surface area contributed by atoms with Crippen molar-refractivity contribution in [3.8, 4) is 0 Å². The van der Waals surface area contributed by atoms with Gasteiger partial charge in [-0.3, -0.25) is 0 Å². The molecule has 2 rings (SSSR count). The van der Waals surface area contributed by atoms with Crippen LogP contribution in [-0.4, -0.2) is 12.4 Å². The average molecular weight is 262 g/mol. The maximum absolute atomic E-state index is 13.4. The molecule has 0 spiro atoms. The Labute approximate surface area is 105 Å². The highest BCUT2D eigenvalue weighted by atomic mass is 35.5. The van der Waals surface area contributed by atoms with Gasteiger partial charge in [0.25, 0.3) is 0 Å². The molecule has 1 saturated carbocycles. The lowest BCUT2D eigenvalue weighted by atomic mass is 10.1. The molecule has 1 fully saturated rings. The van der Waals surface area contributed by atoms with Crippen LogP contribution in [-0.2, 0) is 6.54 Å². The van der Waals surface area contributed by atoms with E-state index >= 15 is 0 Å². The molecule has 0 heterocycles. The molecule has 0 radical (unpaired) electrons. The first-order chi connectivity index (χ1) is 7.65. The van der Waals surface area contributed by atoms with Crippen LogP contribution in [0.2, 0.25) is 5.02 Å². The highest BCUT2D eigenvalue weighted by Gasteiger charge is 2.41. The summed E-state index contributed by atoms with van der Waals surface area (Å²) >= 11 is 11.5. The Morgan fingerprint density at radius 2 is 2.12 bits per heavy atom. The van der Waals surface area contributed by atoms with Gasteiger partial charge in [-0.1, -0.05) is 17.7 Å². The highest BCUT2D eigenvalue weighted by Crippen LogP contribution is 2.45. The third-order valence-electron chi connectivity index (χ3n) is 3.07. The Balaban J connectivity index is 1.85. The van der Waals surface area contributed by atoms with Crippen molar-refractivity contribution in [3.63, 3.8) is 0 Å². The number of nitrogens with one attached hydrogen (secondary N) is 1. The molecule has 1 N–H and O–H groups in total. The summed E-state index contributed by atoms with van der Waals surface area (Å²) in [4.78, 5) is 0. The van der Waals surface area contributed by atoms with E-state index in [1.807, 2.05) is 0 Å². The lowest BCUT2D eigenvalue weighted by Gasteiger charge is -2.12. The molecule has 0 bridgehead atoms. The Bertz CT molecular complexity index is 377. The summed E-state index contributed by atoms with van der Waals surface area (Å²) in [5, 5.41) is 3.68. The SMILES string of the molecule is Fc1cc(Cl)ccc1CNCC1(CCl)CC1. The highest BCUT2D eigenvalue weighted by molar-refractivity contribution is 6.30. The minimum Gasteiger partial charge on any atom is -0.312 e. The van der Waals surface area contributed by atoms with E-state index in [-0.39, 0.29) is 11.2 Å². The van der Waals surface area contributed by atoms with E-state index in [1.54, 1.807) is 12.1 Å². The first-order valence-electron chi connectivity index (χ1n) is 5.36. The van der Waals surface area contributed by atoms with Crippen molar-refractivity contribution >= 4 is 23.2 Å². The molecular weight excluding hydrogens is 248 g/mol. The number of alkyl halides is 1.